The zero-order valence-corrected chi connectivity index (χ0v) is 13.4. The first-order valence-electron chi connectivity index (χ1n) is 7.35. The Labute approximate surface area is 140 Å². The summed E-state index contributed by atoms with van der Waals surface area (Å²) >= 11 is 5.45. The van der Waals surface area contributed by atoms with Crippen LogP contribution >= 0.6 is 11.6 Å². The summed E-state index contributed by atoms with van der Waals surface area (Å²) in [6.45, 7) is 2.19. The lowest BCUT2D eigenvalue weighted by Crippen LogP contribution is -2.29. The number of aromatic nitrogens is 2. The van der Waals surface area contributed by atoms with Crippen molar-refractivity contribution in [2.45, 2.75) is 19.3 Å². The number of pyridine rings is 2. The van der Waals surface area contributed by atoms with Gasteiger partial charge in [0.25, 0.3) is 0 Å². The fourth-order valence-corrected chi connectivity index (χ4v) is 2.32. The van der Waals surface area contributed by atoms with Crippen LogP contribution in [0.1, 0.15) is 30.4 Å². The van der Waals surface area contributed by atoms with E-state index in [1.807, 2.05) is 18.2 Å². The smallest absolute Gasteiger partial charge is 0.129 e. The largest absolute Gasteiger partial charge is 0.357 e. The highest BCUT2D eigenvalue weighted by atomic mass is 35.5. The highest BCUT2D eigenvalue weighted by Crippen LogP contribution is 2.17. The summed E-state index contributed by atoms with van der Waals surface area (Å²) in [4.78, 5) is 10.3. The first-order chi connectivity index (χ1) is 11.2. The standard InChI is InChI=1S/C11H13N3.C6H3ClN2/c12-8-10-4-5-11(13-9-10)14-6-2-1-3-7-14;7-6-2-1-5(3-8)4-9-6/h4-5,9H,1-3,6-7H2;1-2,4H. The third kappa shape index (κ3) is 5.25. The molecule has 0 spiro atoms. The molecule has 0 N–H and O–H groups in total. The monoisotopic (exact) mass is 325 g/mol. The van der Waals surface area contributed by atoms with Crippen LogP contribution in [0.3, 0.4) is 0 Å². The number of nitrogens with zero attached hydrogens (tertiary/aromatic N) is 5. The zero-order chi connectivity index (χ0) is 16.5. The van der Waals surface area contributed by atoms with Gasteiger partial charge in [0.15, 0.2) is 0 Å². The van der Waals surface area contributed by atoms with E-state index in [0.717, 1.165) is 18.9 Å². The normalized spacial score (nSPS) is 13.3. The summed E-state index contributed by atoms with van der Waals surface area (Å²) in [5.74, 6) is 1.00. The minimum absolute atomic E-state index is 0.411. The number of hydrogen-bond acceptors (Lipinski definition) is 5. The summed E-state index contributed by atoms with van der Waals surface area (Å²) in [5.41, 5.74) is 1.16. The molecule has 23 heavy (non-hydrogen) atoms. The van der Waals surface area contributed by atoms with Crippen LogP contribution in [0.25, 0.3) is 0 Å². The Morgan fingerprint density at radius 1 is 0.870 bits per heavy atom. The number of rotatable bonds is 1. The van der Waals surface area contributed by atoms with Crippen molar-refractivity contribution in [3.05, 3.63) is 52.9 Å². The van der Waals surface area contributed by atoms with Crippen molar-refractivity contribution in [2.75, 3.05) is 18.0 Å². The molecule has 1 saturated heterocycles. The van der Waals surface area contributed by atoms with Crippen LogP contribution in [0.15, 0.2) is 36.7 Å². The zero-order valence-electron chi connectivity index (χ0n) is 12.6. The van der Waals surface area contributed by atoms with E-state index < -0.39 is 0 Å². The molecule has 1 aliphatic rings. The Morgan fingerprint density at radius 2 is 1.48 bits per heavy atom. The number of nitriles is 2. The second kappa shape index (κ2) is 8.73. The Balaban J connectivity index is 0.000000185. The van der Waals surface area contributed by atoms with E-state index in [0.29, 0.717) is 16.3 Å². The van der Waals surface area contributed by atoms with Crippen molar-refractivity contribution < 1.29 is 0 Å². The van der Waals surface area contributed by atoms with Crippen LogP contribution in [0.4, 0.5) is 5.82 Å². The molecule has 5 nitrogen and oxygen atoms in total. The summed E-state index contributed by atoms with van der Waals surface area (Å²) in [5, 5.41) is 17.3. The van der Waals surface area contributed by atoms with Gasteiger partial charge in [0.1, 0.15) is 23.1 Å². The molecule has 1 aliphatic heterocycles. The average molecular weight is 326 g/mol. The summed E-state index contributed by atoms with van der Waals surface area (Å²) < 4.78 is 0. The summed E-state index contributed by atoms with van der Waals surface area (Å²) in [6, 6.07) is 11.0. The molecule has 1 fully saturated rings. The minimum atomic E-state index is 0.411. The molecule has 0 aliphatic carbocycles. The fourth-order valence-electron chi connectivity index (χ4n) is 2.20. The maximum atomic E-state index is 8.64. The van der Waals surface area contributed by atoms with Gasteiger partial charge in [0.05, 0.1) is 11.1 Å². The predicted molar refractivity (Wildman–Crippen MR) is 89.0 cm³/mol. The lowest BCUT2D eigenvalue weighted by atomic mass is 10.1. The van der Waals surface area contributed by atoms with Gasteiger partial charge >= 0.3 is 0 Å². The quantitative estimate of drug-likeness (QED) is 0.749. The van der Waals surface area contributed by atoms with Crippen LogP contribution in [-0.4, -0.2) is 23.1 Å². The Morgan fingerprint density at radius 3 is 1.96 bits per heavy atom. The first kappa shape index (κ1) is 16.7. The molecular formula is C17H16ClN5. The van der Waals surface area contributed by atoms with Gasteiger partial charge in [-0.2, -0.15) is 10.5 Å². The molecule has 0 radical (unpaired) electrons. The van der Waals surface area contributed by atoms with Crippen molar-refractivity contribution in [3.8, 4) is 12.1 Å². The minimum Gasteiger partial charge on any atom is -0.357 e. The molecular weight excluding hydrogens is 310 g/mol. The number of halogens is 1. The van der Waals surface area contributed by atoms with Crippen LogP contribution in [0, 0.1) is 22.7 Å². The van der Waals surface area contributed by atoms with Gasteiger partial charge in [-0.05, 0) is 43.5 Å². The second-order valence-electron chi connectivity index (χ2n) is 5.05. The predicted octanol–water partition coefficient (Wildman–Crippen LogP) is 3.55. The van der Waals surface area contributed by atoms with E-state index >= 15 is 0 Å². The molecule has 0 saturated carbocycles. The third-order valence-corrected chi connectivity index (χ3v) is 3.64. The number of piperidine rings is 1. The van der Waals surface area contributed by atoms with E-state index in [4.69, 9.17) is 22.1 Å². The van der Waals surface area contributed by atoms with Gasteiger partial charge in [-0.1, -0.05) is 11.6 Å². The maximum Gasteiger partial charge on any atom is 0.129 e. The van der Waals surface area contributed by atoms with E-state index in [9.17, 15) is 0 Å². The summed E-state index contributed by atoms with van der Waals surface area (Å²) in [7, 11) is 0. The van der Waals surface area contributed by atoms with Gasteiger partial charge < -0.3 is 4.90 Å². The SMILES string of the molecule is N#Cc1ccc(Cl)nc1.N#Cc1ccc(N2CCCCC2)nc1. The van der Waals surface area contributed by atoms with Crippen molar-refractivity contribution in [3.63, 3.8) is 0 Å². The Bertz CT molecular complexity index is 692. The highest BCUT2D eigenvalue weighted by molar-refractivity contribution is 6.29. The molecule has 0 aromatic carbocycles. The molecule has 3 heterocycles. The van der Waals surface area contributed by atoms with Gasteiger partial charge in [-0.15, -0.1) is 0 Å². The molecule has 116 valence electrons. The van der Waals surface area contributed by atoms with Crippen LogP contribution in [0.5, 0.6) is 0 Å². The van der Waals surface area contributed by atoms with Gasteiger partial charge in [-0.25, -0.2) is 9.97 Å². The van der Waals surface area contributed by atoms with Crippen LogP contribution in [0.2, 0.25) is 5.15 Å². The first-order valence-corrected chi connectivity index (χ1v) is 7.73. The molecule has 0 amide bonds. The van der Waals surface area contributed by atoms with E-state index in [1.54, 1.807) is 18.3 Å². The van der Waals surface area contributed by atoms with Crippen LogP contribution in [-0.2, 0) is 0 Å². The van der Waals surface area contributed by atoms with Crippen molar-refractivity contribution in [1.82, 2.24) is 9.97 Å². The van der Waals surface area contributed by atoms with E-state index in [2.05, 4.69) is 20.9 Å². The van der Waals surface area contributed by atoms with Gasteiger partial charge in [0.2, 0.25) is 0 Å². The van der Waals surface area contributed by atoms with Crippen LogP contribution < -0.4 is 4.90 Å². The summed E-state index contributed by atoms with van der Waals surface area (Å²) in [6.07, 6.45) is 6.91. The molecule has 0 unspecified atom stereocenters. The fraction of sp³-hybridized carbons (Fsp3) is 0.294. The Kier molecular flexibility index (Phi) is 6.35. The lowest BCUT2D eigenvalue weighted by molar-refractivity contribution is 0.573. The second-order valence-corrected chi connectivity index (χ2v) is 5.43. The lowest BCUT2D eigenvalue weighted by Gasteiger charge is -2.27. The number of anilines is 1. The molecule has 0 atom stereocenters. The molecule has 6 heteroatoms. The molecule has 2 aromatic rings. The highest BCUT2D eigenvalue weighted by Gasteiger charge is 2.11. The average Bonchev–Trinajstić information content (AvgIpc) is 2.64. The van der Waals surface area contributed by atoms with E-state index in [1.165, 1.54) is 25.5 Å². The maximum absolute atomic E-state index is 8.64. The van der Waals surface area contributed by atoms with Gasteiger partial charge in [-0.3, -0.25) is 0 Å². The van der Waals surface area contributed by atoms with E-state index in [-0.39, 0.29) is 0 Å². The van der Waals surface area contributed by atoms with Crippen molar-refractivity contribution in [2.24, 2.45) is 0 Å². The molecule has 3 rings (SSSR count). The van der Waals surface area contributed by atoms with Crippen molar-refractivity contribution >= 4 is 17.4 Å². The van der Waals surface area contributed by atoms with Crippen molar-refractivity contribution in [1.29, 1.82) is 10.5 Å². The Hall–Kier alpha value is -2.63. The van der Waals surface area contributed by atoms with Gasteiger partial charge in [0, 0.05) is 25.5 Å². The molecule has 2 aromatic heterocycles. The number of hydrogen-bond donors (Lipinski definition) is 0. The topological polar surface area (TPSA) is 76.6 Å². The molecule has 0 bridgehead atoms. The third-order valence-electron chi connectivity index (χ3n) is 3.41.